The van der Waals surface area contributed by atoms with Crippen molar-refractivity contribution in [2.45, 2.75) is 70.9 Å². The third-order valence-electron chi connectivity index (χ3n) is 8.14. The van der Waals surface area contributed by atoms with Gasteiger partial charge < -0.3 is 38.6 Å². The van der Waals surface area contributed by atoms with Crippen LogP contribution in [0.1, 0.15) is 62.6 Å². The summed E-state index contributed by atoms with van der Waals surface area (Å²) >= 11 is 0. The predicted octanol–water partition coefficient (Wildman–Crippen LogP) is 7.01. The lowest BCUT2D eigenvalue weighted by molar-refractivity contribution is -0.118. The van der Waals surface area contributed by atoms with Crippen LogP contribution in [0.5, 0.6) is 11.5 Å². The first kappa shape index (κ1) is 37.7. The highest BCUT2D eigenvalue weighted by molar-refractivity contribution is 5.83. The molecule has 10 nitrogen and oxygen atoms in total. The maximum absolute atomic E-state index is 13.0. The van der Waals surface area contributed by atoms with Gasteiger partial charge in [-0.1, -0.05) is 42.5 Å². The maximum Gasteiger partial charge on any atom is 0.410 e. The zero-order chi connectivity index (χ0) is 35.1. The van der Waals surface area contributed by atoms with Crippen LogP contribution in [0.2, 0.25) is 0 Å². The molecule has 266 valence electrons. The highest BCUT2D eigenvalue weighted by atomic mass is 16.6. The first-order chi connectivity index (χ1) is 23.6. The maximum atomic E-state index is 13.0. The van der Waals surface area contributed by atoms with Crippen molar-refractivity contribution < 1.29 is 38.0 Å². The molecule has 3 aromatic carbocycles. The molecule has 10 heteroatoms. The number of rotatable bonds is 18. The fourth-order valence-corrected chi connectivity index (χ4v) is 5.60. The van der Waals surface area contributed by atoms with Crippen molar-refractivity contribution in [3.8, 4) is 11.5 Å². The summed E-state index contributed by atoms with van der Waals surface area (Å²) in [5.41, 5.74) is 3.39. The Kier molecular flexibility index (Phi) is 14.7. The summed E-state index contributed by atoms with van der Waals surface area (Å²) in [5, 5.41) is 3.20. The number of amides is 1. The quantitative estimate of drug-likeness (QED) is 0.143. The number of ether oxygens (including phenoxy) is 6. The van der Waals surface area contributed by atoms with Crippen LogP contribution in [0.15, 0.2) is 72.8 Å². The number of benzene rings is 3. The number of nitrogens with one attached hydrogen (secondary N) is 1. The van der Waals surface area contributed by atoms with E-state index in [9.17, 15) is 9.59 Å². The van der Waals surface area contributed by atoms with Gasteiger partial charge in [-0.15, -0.1) is 0 Å². The minimum atomic E-state index is -0.583. The van der Waals surface area contributed by atoms with E-state index in [1.54, 1.807) is 19.1 Å². The topological polar surface area (TPSA) is 105 Å². The molecule has 3 aromatic rings. The lowest BCUT2D eigenvalue weighted by atomic mass is 9.87. The minimum Gasteiger partial charge on any atom is -0.496 e. The molecule has 1 N–H and O–H groups in total. The SMILES string of the molecule is COCCC(=O)CNc1cccc(COC2CN(C(=O)OC(C)(C)C)CCC2c2ccc(OCCCOCc3ccccc3OC)cc2)c1. The molecular weight excluding hydrogens is 624 g/mol. The van der Waals surface area contributed by atoms with E-state index in [2.05, 4.69) is 17.4 Å². The number of likely N-dealkylation sites (tertiary alicyclic amines) is 1. The molecule has 1 amide bonds. The number of methoxy groups -OCH3 is 2. The standard InChI is InChI=1S/C39H52N2O8/c1-39(2,3)49-38(43)41-20-18-35(37(26-41)48-27-29-10-8-12-32(24-29)40-25-33(42)19-23-44-4)30-14-16-34(17-15-30)47-22-9-21-46-28-31-11-6-7-13-36(31)45-5/h6-8,10-17,24,35,37,40H,9,18-23,25-28H2,1-5H3. The van der Waals surface area contributed by atoms with Crippen molar-refractivity contribution in [3.63, 3.8) is 0 Å². The van der Waals surface area contributed by atoms with Crippen molar-refractivity contribution in [2.75, 3.05) is 59.0 Å². The highest BCUT2D eigenvalue weighted by Gasteiger charge is 2.35. The fraction of sp³-hybridized carbons (Fsp3) is 0.487. The van der Waals surface area contributed by atoms with Gasteiger partial charge in [0.25, 0.3) is 0 Å². The average molecular weight is 677 g/mol. The molecule has 1 fully saturated rings. The zero-order valence-corrected chi connectivity index (χ0v) is 29.6. The molecule has 1 heterocycles. The van der Waals surface area contributed by atoms with Crippen LogP contribution < -0.4 is 14.8 Å². The second kappa shape index (κ2) is 19.2. The van der Waals surface area contributed by atoms with E-state index in [1.165, 1.54) is 0 Å². The smallest absolute Gasteiger partial charge is 0.410 e. The normalized spacial score (nSPS) is 16.2. The number of hydrogen-bond acceptors (Lipinski definition) is 9. The fourth-order valence-electron chi connectivity index (χ4n) is 5.60. The molecule has 0 radical (unpaired) electrons. The summed E-state index contributed by atoms with van der Waals surface area (Å²) in [6.07, 6.45) is 1.28. The molecule has 2 unspecified atom stereocenters. The Bertz CT molecular complexity index is 1460. The van der Waals surface area contributed by atoms with Crippen molar-refractivity contribution >= 4 is 17.6 Å². The number of para-hydroxylation sites is 1. The molecule has 0 aliphatic carbocycles. The number of carbonyl (C=O) groups excluding carboxylic acids is 2. The van der Waals surface area contributed by atoms with E-state index in [4.69, 9.17) is 28.4 Å². The predicted molar refractivity (Wildman–Crippen MR) is 189 cm³/mol. The van der Waals surface area contributed by atoms with Gasteiger partial charge in [-0.2, -0.15) is 0 Å². The molecule has 49 heavy (non-hydrogen) atoms. The molecule has 0 bridgehead atoms. The van der Waals surface area contributed by atoms with E-state index in [-0.39, 0.29) is 30.4 Å². The Labute approximate surface area is 291 Å². The van der Waals surface area contributed by atoms with Gasteiger partial charge >= 0.3 is 6.09 Å². The Hall–Kier alpha value is -4.12. The summed E-state index contributed by atoms with van der Waals surface area (Å²) in [6, 6.07) is 23.9. The monoisotopic (exact) mass is 676 g/mol. The summed E-state index contributed by atoms with van der Waals surface area (Å²) in [4.78, 5) is 26.8. The highest BCUT2D eigenvalue weighted by Crippen LogP contribution is 2.33. The molecule has 0 saturated carbocycles. The number of nitrogens with zero attached hydrogens (tertiary/aromatic N) is 1. The Morgan fingerprint density at radius 2 is 1.71 bits per heavy atom. The summed E-state index contributed by atoms with van der Waals surface area (Å²) < 4.78 is 34.4. The van der Waals surface area contributed by atoms with Gasteiger partial charge in [0.05, 0.1) is 59.3 Å². The second-order valence-corrected chi connectivity index (χ2v) is 13.1. The van der Waals surface area contributed by atoms with E-state index in [1.807, 2.05) is 81.4 Å². The van der Waals surface area contributed by atoms with Crippen LogP contribution in [-0.4, -0.2) is 82.2 Å². The van der Waals surface area contributed by atoms with Crippen LogP contribution >= 0.6 is 0 Å². The Morgan fingerprint density at radius 1 is 0.918 bits per heavy atom. The van der Waals surface area contributed by atoms with Crippen LogP contribution in [0.25, 0.3) is 0 Å². The van der Waals surface area contributed by atoms with Crippen molar-refractivity contribution in [1.29, 1.82) is 0 Å². The largest absolute Gasteiger partial charge is 0.496 e. The van der Waals surface area contributed by atoms with Gasteiger partial charge in [0.2, 0.25) is 0 Å². The number of piperidine rings is 1. The molecule has 1 aliphatic heterocycles. The average Bonchev–Trinajstić information content (AvgIpc) is 3.10. The molecule has 2 atom stereocenters. The van der Waals surface area contributed by atoms with Crippen LogP contribution in [-0.2, 0) is 37.0 Å². The summed E-state index contributed by atoms with van der Waals surface area (Å²) in [7, 11) is 3.25. The minimum absolute atomic E-state index is 0.0795. The number of ketones is 1. The van der Waals surface area contributed by atoms with Gasteiger partial charge in [0, 0.05) is 43.7 Å². The first-order valence-electron chi connectivity index (χ1n) is 17.0. The molecule has 1 aliphatic rings. The molecule has 0 aromatic heterocycles. The first-order valence-corrected chi connectivity index (χ1v) is 17.0. The third kappa shape index (κ3) is 12.7. The third-order valence-corrected chi connectivity index (χ3v) is 8.14. The van der Waals surface area contributed by atoms with Crippen molar-refractivity contribution in [1.82, 2.24) is 4.90 Å². The van der Waals surface area contributed by atoms with E-state index in [0.29, 0.717) is 52.5 Å². The lowest BCUT2D eigenvalue weighted by Gasteiger charge is -2.39. The number of Topliss-reactive ketones (excluding diaryl/α,β-unsaturated/α-hetero) is 1. The molecular formula is C39H52N2O8. The van der Waals surface area contributed by atoms with Gasteiger partial charge in [0.1, 0.15) is 17.1 Å². The van der Waals surface area contributed by atoms with E-state index >= 15 is 0 Å². The van der Waals surface area contributed by atoms with Crippen LogP contribution in [0.3, 0.4) is 0 Å². The van der Waals surface area contributed by atoms with Crippen LogP contribution in [0, 0.1) is 0 Å². The van der Waals surface area contributed by atoms with Crippen molar-refractivity contribution in [2.24, 2.45) is 0 Å². The Morgan fingerprint density at radius 3 is 2.47 bits per heavy atom. The van der Waals surface area contributed by atoms with Gasteiger partial charge in [0.15, 0.2) is 5.78 Å². The summed E-state index contributed by atoms with van der Waals surface area (Å²) in [6.45, 7) is 9.22. The van der Waals surface area contributed by atoms with Crippen molar-refractivity contribution in [3.05, 3.63) is 89.5 Å². The van der Waals surface area contributed by atoms with Gasteiger partial charge in [-0.05, 0) is 68.7 Å². The van der Waals surface area contributed by atoms with Gasteiger partial charge in [-0.3, -0.25) is 4.79 Å². The van der Waals surface area contributed by atoms with E-state index in [0.717, 1.165) is 46.7 Å². The number of hydrogen-bond donors (Lipinski definition) is 1. The Balaban J connectivity index is 1.32. The number of anilines is 1. The summed E-state index contributed by atoms with van der Waals surface area (Å²) in [5.74, 6) is 1.78. The molecule has 4 rings (SSSR count). The van der Waals surface area contributed by atoms with Crippen LogP contribution in [0.4, 0.5) is 10.5 Å². The second-order valence-electron chi connectivity index (χ2n) is 13.1. The zero-order valence-electron chi connectivity index (χ0n) is 29.6. The molecule has 0 spiro atoms. The van der Waals surface area contributed by atoms with E-state index < -0.39 is 5.60 Å². The number of carbonyl (C=O) groups is 2. The molecule has 1 saturated heterocycles. The lowest BCUT2D eigenvalue weighted by Crippen LogP contribution is -2.48. The van der Waals surface area contributed by atoms with Gasteiger partial charge in [-0.25, -0.2) is 4.79 Å².